The highest BCUT2D eigenvalue weighted by Crippen LogP contribution is 2.27. The van der Waals surface area contributed by atoms with Gasteiger partial charge in [0.05, 0.1) is 29.8 Å². The molecule has 1 aromatic rings. The molecule has 8 heteroatoms. The topological polar surface area (TPSA) is 75.5 Å². The number of nitrogens with zero attached hydrogens (tertiary/aromatic N) is 4. The lowest BCUT2D eigenvalue weighted by Gasteiger charge is -2.35. The lowest BCUT2D eigenvalue weighted by atomic mass is 10.1. The maximum Gasteiger partial charge on any atom is 0.237 e. The van der Waals surface area contributed by atoms with E-state index in [0.29, 0.717) is 19.5 Å². The van der Waals surface area contributed by atoms with Crippen molar-refractivity contribution in [2.75, 3.05) is 25.1 Å². The highest BCUT2D eigenvalue weighted by molar-refractivity contribution is 7.91. The highest BCUT2D eigenvalue weighted by Gasteiger charge is 2.32. The van der Waals surface area contributed by atoms with Gasteiger partial charge < -0.3 is 4.90 Å². The zero-order chi connectivity index (χ0) is 21.9. The molecule has 0 N–H and O–H groups in total. The number of likely N-dealkylation sites (N-methyl/N-ethyl adjacent to an activating group) is 1. The van der Waals surface area contributed by atoms with E-state index >= 15 is 0 Å². The quantitative estimate of drug-likeness (QED) is 0.607. The minimum absolute atomic E-state index is 0.0781. The molecule has 2 rings (SSSR count). The van der Waals surface area contributed by atoms with Crippen LogP contribution in [0.3, 0.4) is 0 Å². The maximum absolute atomic E-state index is 13.0. The minimum atomic E-state index is -2.96. The van der Waals surface area contributed by atoms with E-state index in [1.165, 1.54) is 0 Å². The summed E-state index contributed by atoms with van der Waals surface area (Å²) in [6.07, 6.45) is 2.50. The van der Waals surface area contributed by atoms with Crippen LogP contribution in [0, 0.1) is 13.8 Å². The van der Waals surface area contributed by atoms with Crippen LogP contribution in [0.4, 0.5) is 0 Å². The lowest BCUT2D eigenvalue weighted by Crippen LogP contribution is -2.48. The molecule has 0 aliphatic carbocycles. The third-order valence-electron chi connectivity index (χ3n) is 6.28. The summed E-state index contributed by atoms with van der Waals surface area (Å²) in [5.74, 6) is 0.559. The largest absolute Gasteiger partial charge is 0.336 e. The first-order valence-electron chi connectivity index (χ1n) is 10.7. The van der Waals surface area contributed by atoms with E-state index in [2.05, 4.69) is 32.8 Å². The van der Waals surface area contributed by atoms with Crippen LogP contribution in [0.15, 0.2) is 0 Å². The fourth-order valence-corrected chi connectivity index (χ4v) is 5.90. The van der Waals surface area contributed by atoms with E-state index in [0.717, 1.165) is 29.8 Å². The average Bonchev–Trinajstić information content (AvgIpc) is 3.14. The fraction of sp³-hybridized carbons (Fsp3) is 0.810. The molecule has 1 saturated heterocycles. The molecule has 7 nitrogen and oxygen atoms in total. The number of carbonyl (C=O) groups is 1. The van der Waals surface area contributed by atoms with Crippen molar-refractivity contribution in [2.45, 2.75) is 85.5 Å². The molecule has 0 aromatic carbocycles. The smallest absolute Gasteiger partial charge is 0.237 e. The third-order valence-corrected chi connectivity index (χ3v) is 8.03. The van der Waals surface area contributed by atoms with E-state index in [9.17, 15) is 13.2 Å². The Balaban J connectivity index is 2.10. The van der Waals surface area contributed by atoms with Crippen LogP contribution in [0.2, 0.25) is 0 Å². The Bertz CT molecular complexity index is 808. The van der Waals surface area contributed by atoms with Gasteiger partial charge in [-0.15, -0.1) is 0 Å². The first-order valence-corrected chi connectivity index (χ1v) is 12.6. The summed E-state index contributed by atoms with van der Waals surface area (Å²) in [4.78, 5) is 17.0. The Kier molecular flexibility index (Phi) is 7.90. The Morgan fingerprint density at radius 1 is 1.21 bits per heavy atom. The average molecular weight is 427 g/mol. The molecule has 0 unspecified atom stereocenters. The van der Waals surface area contributed by atoms with Gasteiger partial charge in [-0.1, -0.05) is 13.8 Å². The molecule has 1 aliphatic heterocycles. The minimum Gasteiger partial charge on any atom is -0.336 e. The van der Waals surface area contributed by atoms with E-state index in [1.807, 2.05) is 35.4 Å². The van der Waals surface area contributed by atoms with Crippen molar-refractivity contribution < 1.29 is 13.2 Å². The second-order valence-corrected chi connectivity index (χ2v) is 10.9. The van der Waals surface area contributed by atoms with Crippen LogP contribution in [0.5, 0.6) is 0 Å². The molecular formula is C21H38N4O3S. The Morgan fingerprint density at radius 3 is 2.28 bits per heavy atom. The predicted octanol–water partition coefficient (Wildman–Crippen LogP) is 2.72. The van der Waals surface area contributed by atoms with Gasteiger partial charge in [0.15, 0.2) is 9.84 Å². The fourth-order valence-electron chi connectivity index (χ4n) is 4.21. The molecule has 0 spiro atoms. The Morgan fingerprint density at radius 2 is 1.79 bits per heavy atom. The van der Waals surface area contributed by atoms with Crippen molar-refractivity contribution in [3.8, 4) is 0 Å². The van der Waals surface area contributed by atoms with Gasteiger partial charge >= 0.3 is 0 Å². The van der Waals surface area contributed by atoms with Crippen molar-refractivity contribution in [3.05, 3.63) is 17.0 Å². The lowest BCUT2D eigenvalue weighted by molar-refractivity contribution is -0.136. The standard InChI is InChI=1S/C21H38N4O3S/c1-8-15(3)24(16(4)9-2)21(26)13-23(7)12-20-17(5)22-25(18(20)6)19-10-11-29(27,28)14-19/h15-16,19H,8-14H2,1-7H3/t15-,16+,19-/m1/s1. The molecule has 1 fully saturated rings. The SMILES string of the molecule is CC[C@@H](C)N(C(=O)CN(C)Cc1c(C)nn([C@@H]2CCS(=O)(=O)C2)c1C)[C@@H](C)CC. The van der Waals surface area contributed by atoms with Gasteiger partial charge in [-0.05, 0) is 54.0 Å². The van der Waals surface area contributed by atoms with E-state index in [4.69, 9.17) is 0 Å². The zero-order valence-electron chi connectivity index (χ0n) is 19.1. The van der Waals surface area contributed by atoms with Gasteiger partial charge in [-0.25, -0.2) is 8.42 Å². The second kappa shape index (κ2) is 9.60. The van der Waals surface area contributed by atoms with Crippen LogP contribution < -0.4 is 0 Å². The summed E-state index contributed by atoms with van der Waals surface area (Å²) in [7, 11) is -0.997. The summed E-state index contributed by atoms with van der Waals surface area (Å²) in [5.41, 5.74) is 3.00. The summed E-state index contributed by atoms with van der Waals surface area (Å²) in [5, 5.41) is 4.64. The zero-order valence-corrected chi connectivity index (χ0v) is 19.9. The normalized spacial score (nSPS) is 20.8. The summed E-state index contributed by atoms with van der Waals surface area (Å²) in [6, 6.07) is 0.369. The van der Waals surface area contributed by atoms with Gasteiger partial charge in [0, 0.05) is 29.9 Å². The van der Waals surface area contributed by atoms with Crippen molar-refractivity contribution in [1.82, 2.24) is 19.6 Å². The van der Waals surface area contributed by atoms with Crippen molar-refractivity contribution in [1.29, 1.82) is 0 Å². The Hall–Kier alpha value is -1.41. The number of aryl methyl sites for hydroxylation is 1. The number of amides is 1. The van der Waals surface area contributed by atoms with E-state index in [1.54, 1.807) is 0 Å². The van der Waals surface area contributed by atoms with E-state index < -0.39 is 9.84 Å². The van der Waals surface area contributed by atoms with Gasteiger partial charge in [0.1, 0.15) is 0 Å². The molecule has 0 radical (unpaired) electrons. The number of hydrogen-bond donors (Lipinski definition) is 0. The second-order valence-electron chi connectivity index (χ2n) is 8.64. The molecule has 2 heterocycles. The monoisotopic (exact) mass is 426 g/mol. The van der Waals surface area contributed by atoms with Crippen LogP contribution in [-0.2, 0) is 21.2 Å². The molecule has 3 atom stereocenters. The molecule has 1 amide bonds. The van der Waals surface area contributed by atoms with Crippen LogP contribution in [0.1, 0.15) is 70.0 Å². The number of hydrogen-bond acceptors (Lipinski definition) is 5. The number of sulfone groups is 1. The molecule has 1 aromatic heterocycles. The van der Waals surface area contributed by atoms with Crippen LogP contribution in [0.25, 0.3) is 0 Å². The maximum atomic E-state index is 13.0. The number of aromatic nitrogens is 2. The molecule has 166 valence electrons. The van der Waals surface area contributed by atoms with Gasteiger partial charge in [-0.2, -0.15) is 5.10 Å². The predicted molar refractivity (Wildman–Crippen MR) is 117 cm³/mol. The van der Waals surface area contributed by atoms with Crippen molar-refractivity contribution in [2.24, 2.45) is 0 Å². The Labute approximate surface area is 176 Å². The molecule has 1 aliphatic rings. The van der Waals surface area contributed by atoms with Crippen molar-refractivity contribution >= 4 is 15.7 Å². The number of carbonyl (C=O) groups excluding carboxylic acids is 1. The van der Waals surface area contributed by atoms with Gasteiger partial charge in [0.25, 0.3) is 0 Å². The molecule has 29 heavy (non-hydrogen) atoms. The van der Waals surface area contributed by atoms with Crippen molar-refractivity contribution in [3.63, 3.8) is 0 Å². The molecular weight excluding hydrogens is 388 g/mol. The van der Waals surface area contributed by atoms with E-state index in [-0.39, 0.29) is 35.5 Å². The van der Waals surface area contributed by atoms with Gasteiger partial charge in [0.2, 0.25) is 5.91 Å². The van der Waals surface area contributed by atoms with Crippen LogP contribution >= 0.6 is 0 Å². The first kappa shape index (κ1) is 23.9. The van der Waals surface area contributed by atoms with Gasteiger partial charge in [-0.3, -0.25) is 14.4 Å². The molecule has 0 bridgehead atoms. The third kappa shape index (κ3) is 5.60. The molecule has 0 saturated carbocycles. The highest BCUT2D eigenvalue weighted by atomic mass is 32.2. The number of rotatable bonds is 9. The summed E-state index contributed by atoms with van der Waals surface area (Å²) >= 11 is 0. The van der Waals surface area contributed by atoms with Crippen LogP contribution in [-0.4, -0.2) is 71.1 Å². The summed E-state index contributed by atoms with van der Waals surface area (Å²) in [6.45, 7) is 13.4. The summed E-state index contributed by atoms with van der Waals surface area (Å²) < 4.78 is 25.6. The first-order chi connectivity index (χ1) is 13.5.